The van der Waals surface area contributed by atoms with Crippen LogP contribution >= 0.6 is 23.2 Å². The first-order valence-electron chi connectivity index (χ1n) is 8.84. The van der Waals surface area contributed by atoms with Crippen molar-refractivity contribution >= 4 is 29.1 Å². The summed E-state index contributed by atoms with van der Waals surface area (Å²) >= 11 is 11.7. The summed E-state index contributed by atoms with van der Waals surface area (Å²) in [5.41, 5.74) is 0. The highest BCUT2D eigenvalue weighted by Gasteiger charge is 2.26. The molecule has 1 heterocycles. The van der Waals surface area contributed by atoms with Gasteiger partial charge in [-0.15, -0.1) is 0 Å². The molecule has 1 aliphatic rings. The fraction of sp³-hybridized carbons (Fsp3) is 0.350. The molecule has 27 heavy (non-hydrogen) atoms. The van der Waals surface area contributed by atoms with Gasteiger partial charge in [-0.1, -0.05) is 23.2 Å². The van der Waals surface area contributed by atoms with E-state index in [0.717, 1.165) is 25.4 Å². The normalized spacial score (nSPS) is 14.4. The van der Waals surface area contributed by atoms with Crippen molar-refractivity contribution in [2.24, 2.45) is 5.92 Å². The molecular formula is C20H22Cl2N2O3. The molecule has 144 valence electrons. The van der Waals surface area contributed by atoms with Crippen molar-refractivity contribution < 1.29 is 14.3 Å². The minimum absolute atomic E-state index is 0.00694. The molecule has 7 heteroatoms. The molecule has 1 aliphatic heterocycles. The summed E-state index contributed by atoms with van der Waals surface area (Å²) in [7, 11) is 0. The molecule has 1 N–H and O–H groups in total. The number of halogens is 2. The number of ether oxygens (including phenoxy) is 2. The third-order valence-corrected chi connectivity index (χ3v) is 4.80. The van der Waals surface area contributed by atoms with E-state index >= 15 is 0 Å². The average Bonchev–Trinajstić information content (AvgIpc) is 2.64. The van der Waals surface area contributed by atoms with E-state index in [-0.39, 0.29) is 12.5 Å². The SMILES string of the molecule is O=C(COc1ccc(Cl)cc1)NCC1CN(CCOc2ccc(Cl)cc2)C1. The zero-order chi connectivity index (χ0) is 19.1. The lowest BCUT2D eigenvalue weighted by Crippen LogP contribution is -2.52. The number of hydrogen-bond acceptors (Lipinski definition) is 4. The van der Waals surface area contributed by atoms with E-state index in [0.29, 0.717) is 34.9 Å². The zero-order valence-electron chi connectivity index (χ0n) is 14.9. The van der Waals surface area contributed by atoms with Crippen LogP contribution in [0.1, 0.15) is 0 Å². The third-order valence-electron chi connectivity index (χ3n) is 4.29. The van der Waals surface area contributed by atoms with Gasteiger partial charge in [-0.05, 0) is 48.5 Å². The number of likely N-dealkylation sites (tertiary alicyclic amines) is 1. The molecule has 0 unspecified atom stereocenters. The fourth-order valence-electron chi connectivity index (χ4n) is 2.80. The highest BCUT2D eigenvalue weighted by molar-refractivity contribution is 6.30. The van der Waals surface area contributed by atoms with E-state index in [1.165, 1.54) is 0 Å². The Hall–Kier alpha value is -1.95. The highest BCUT2D eigenvalue weighted by Crippen LogP contribution is 2.17. The van der Waals surface area contributed by atoms with Crippen molar-refractivity contribution in [3.63, 3.8) is 0 Å². The van der Waals surface area contributed by atoms with Crippen molar-refractivity contribution in [3.05, 3.63) is 58.6 Å². The number of rotatable bonds is 9. The number of hydrogen-bond donors (Lipinski definition) is 1. The Labute approximate surface area is 169 Å². The molecule has 0 spiro atoms. The van der Waals surface area contributed by atoms with E-state index < -0.39 is 0 Å². The van der Waals surface area contributed by atoms with Gasteiger partial charge < -0.3 is 14.8 Å². The first-order chi connectivity index (χ1) is 13.1. The number of nitrogens with one attached hydrogen (secondary N) is 1. The quantitative estimate of drug-likeness (QED) is 0.689. The van der Waals surface area contributed by atoms with Crippen LogP contribution in [0.3, 0.4) is 0 Å². The zero-order valence-corrected chi connectivity index (χ0v) is 16.4. The second kappa shape index (κ2) is 9.83. The van der Waals surface area contributed by atoms with Crippen LogP contribution in [0.25, 0.3) is 0 Å². The largest absolute Gasteiger partial charge is 0.492 e. The molecule has 1 saturated heterocycles. The van der Waals surface area contributed by atoms with Crippen LogP contribution in [0.4, 0.5) is 0 Å². The summed E-state index contributed by atoms with van der Waals surface area (Å²) in [6.07, 6.45) is 0. The van der Waals surface area contributed by atoms with E-state index in [1.54, 1.807) is 24.3 Å². The topological polar surface area (TPSA) is 50.8 Å². The van der Waals surface area contributed by atoms with E-state index in [4.69, 9.17) is 32.7 Å². The minimum atomic E-state index is -0.116. The Morgan fingerprint density at radius 1 is 0.963 bits per heavy atom. The summed E-state index contributed by atoms with van der Waals surface area (Å²) in [6.45, 7) is 4.09. The van der Waals surface area contributed by atoms with Gasteiger partial charge in [-0.2, -0.15) is 0 Å². The van der Waals surface area contributed by atoms with Crippen molar-refractivity contribution in [3.8, 4) is 11.5 Å². The molecule has 3 rings (SSSR count). The second-order valence-corrected chi connectivity index (χ2v) is 7.35. The Morgan fingerprint density at radius 3 is 2.11 bits per heavy atom. The van der Waals surface area contributed by atoms with Gasteiger partial charge >= 0.3 is 0 Å². The summed E-state index contributed by atoms with van der Waals surface area (Å²) < 4.78 is 11.1. The lowest BCUT2D eigenvalue weighted by molar-refractivity contribution is -0.123. The molecule has 1 fully saturated rings. The number of benzene rings is 2. The van der Waals surface area contributed by atoms with Gasteiger partial charge in [-0.25, -0.2) is 0 Å². The van der Waals surface area contributed by atoms with Gasteiger partial charge in [0.05, 0.1) is 0 Å². The van der Waals surface area contributed by atoms with Crippen LogP contribution < -0.4 is 14.8 Å². The van der Waals surface area contributed by atoms with Gasteiger partial charge in [0.2, 0.25) is 0 Å². The molecule has 0 aromatic heterocycles. The second-order valence-electron chi connectivity index (χ2n) is 6.47. The third kappa shape index (κ3) is 6.61. The van der Waals surface area contributed by atoms with Crippen molar-refractivity contribution in [2.75, 3.05) is 39.4 Å². The minimum Gasteiger partial charge on any atom is -0.492 e. The molecule has 0 atom stereocenters. The molecule has 0 bridgehead atoms. The van der Waals surface area contributed by atoms with Crippen LogP contribution in [0.2, 0.25) is 10.0 Å². The van der Waals surface area contributed by atoms with Crippen LogP contribution in [0.5, 0.6) is 11.5 Å². The first kappa shape index (κ1) is 19.8. The van der Waals surface area contributed by atoms with Crippen molar-refractivity contribution in [2.45, 2.75) is 0 Å². The lowest BCUT2D eigenvalue weighted by Gasteiger charge is -2.39. The maximum absolute atomic E-state index is 11.9. The lowest BCUT2D eigenvalue weighted by atomic mass is 10.0. The summed E-state index contributed by atoms with van der Waals surface area (Å²) in [4.78, 5) is 14.2. The van der Waals surface area contributed by atoms with Crippen LogP contribution in [-0.2, 0) is 4.79 Å². The van der Waals surface area contributed by atoms with Gasteiger partial charge in [0.1, 0.15) is 18.1 Å². The molecule has 2 aromatic carbocycles. The molecule has 0 radical (unpaired) electrons. The monoisotopic (exact) mass is 408 g/mol. The van der Waals surface area contributed by atoms with Crippen LogP contribution in [-0.4, -0.2) is 50.2 Å². The Bertz CT molecular complexity index is 732. The van der Waals surface area contributed by atoms with Crippen LogP contribution in [0.15, 0.2) is 48.5 Å². The molecule has 5 nitrogen and oxygen atoms in total. The fourth-order valence-corrected chi connectivity index (χ4v) is 3.05. The van der Waals surface area contributed by atoms with Crippen molar-refractivity contribution in [1.82, 2.24) is 10.2 Å². The highest BCUT2D eigenvalue weighted by atomic mass is 35.5. The van der Waals surface area contributed by atoms with Gasteiger partial charge in [0.15, 0.2) is 6.61 Å². The molecule has 1 amide bonds. The first-order valence-corrected chi connectivity index (χ1v) is 9.60. The molecule has 0 saturated carbocycles. The van der Waals surface area contributed by atoms with Gasteiger partial charge in [0.25, 0.3) is 5.91 Å². The number of carbonyl (C=O) groups is 1. The summed E-state index contributed by atoms with van der Waals surface area (Å²) in [5.74, 6) is 1.81. The molecule has 2 aromatic rings. The Morgan fingerprint density at radius 2 is 1.52 bits per heavy atom. The van der Waals surface area contributed by atoms with E-state index in [2.05, 4.69) is 10.2 Å². The predicted octanol–water partition coefficient (Wildman–Crippen LogP) is 3.50. The summed E-state index contributed by atoms with van der Waals surface area (Å²) in [6, 6.07) is 14.3. The smallest absolute Gasteiger partial charge is 0.257 e. The standard InChI is InChI=1S/C20H22Cl2N2O3/c21-16-1-5-18(6-2-16)26-10-9-24-12-15(13-24)11-23-20(25)14-27-19-7-3-17(22)4-8-19/h1-8,15H,9-14H2,(H,23,25). The number of carbonyl (C=O) groups excluding carboxylic acids is 1. The maximum Gasteiger partial charge on any atom is 0.257 e. The molecular weight excluding hydrogens is 387 g/mol. The van der Waals surface area contributed by atoms with Crippen LogP contribution in [0, 0.1) is 5.92 Å². The van der Waals surface area contributed by atoms with E-state index in [9.17, 15) is 4.79 Å². The number of amides is 1. The Kier molecular flexibility index (Phi) is 7.21. The van der Waals surface area contributed by atoms with Gasteiger partial charge in [-0.3, -0.25) is 9.69 Å². The average molecular weight is 409 g/mol. The van der Waals surface area contributed by atoms with E-state index in [1.807, 2.05) is 24.3 Å². The molecule has 0 aliphatic carbocycles. The predicted molar refractivity (Wildman–Crippen MR) is 107 cm³/mol. The summed E-state index contributed by atoms with van der Waals surface area (Å²) in [5, 5.41) is 4.25. The van der Waals surface area contributed by atoms with Gasteiger partial charge in [0, 0.05) is 42.1 Å². The van der Waals surface area contributed by atoms with Crippen molar-refractivity contribution in [1.29, 1.82) is 0 Å². The Balaban J connectivity index is 1.23. The maximum atomic E-state index is 11.9. The number of nitrogens with zero attached hydrogens (tertiary/aromatic N) is 1.